The Morgan fingerprint density at radius 2 is 1.61 bits per heavy atom. The normalized spacial score (nSPS) is 11.3. The quantitative estimate of drug-likeness (QED) is 0.169. The molecule has 10 nitrogen and oxygen atoms in total. The van der Waals surface area contributed by atoms with Crippen molar-refractivity contribution in [3.8, 4) is 11.4 Å². The Morgan fingerprint density at radius 3 is 2.34 bits per heavy atom. The van der Waals surface area contributed by atoms with E-state index in [-0.39, 0.29) is 12.5 Å². The van der Waals surface area contributed by atoms with Crippen molar-refractivity contribution in [1.82, 2.24) is 25.9 Å². The highest BCUT2D eigenvalue weighted by atomic mass is 35.5. The molecule has 0 aliphatic carbocycles. The Morgan fingerprint density at radius 1 is 0.854 bits per heavy atom. The largest absolute Gasteiger partial charge is 0.444 e. The van der Waals surface area contributed by atoms with Crippen LogP contribution in [0.1, 0.15) is 22.7 Å². The van der Waals surface area contributed by atoms with Gasteiger partial charge in [-0.05, 0) is 52.2 Å². The molecule has 2 amide bonds. The van der Waals surface area contributed by atoms with Gasteiger partial charge in [0.05, 0.1) is 0 Å². The van der Waals surface area contributed by atoms with Crippen LogP contribution in [0.3, 0.4) is 0 Å². The number of aromatic nitrogens is 4. The van der Waals surface area contributed by atoms with Crippen molar-refractivity contribution in [3.05, 3.63) is 125 Å². The first-order valence-electron chi connectivity index (χ1n) is 12.7. The summed E-state index contributed by atoms with van der Waals surface area (Å²) in [4.78, 5) is 26.1. The summed E-state index contributed by atoms with van der Waals surface area (Å²) in [6, 6.07) is 30.3. The van der Waals surface area contributed by atoms with E-state index < -0.39 is 12.1 Å². The third-order valence-corrected chi connectivity index (χ3v) is 6.28. The minimum absolute atomic E-state index is 0.114. The van der Waals surface area contributed by atoms with Gasteiger partial charge in [0.1, 0.15) is 12.6 Å². The van der Waals surface area contributed by atoms with Crippen molar-refractivity contribution in [2.75, 3.05) is 10.6 Å². The first kappa shape index (κ1) is 27.4. The fourth-order valence-corrected chi connectivity index (χ4v) is 4.36. The molecule has 4 N–H and O–H groups in total. The van der Waals surface area contributed by atoms with Gasteiger partial charge in [-0.3, -0.25) is 10.1 Å². The van der Waals surface area contributed by atoms with Crippen molar-refractivity contribution < 1.29 is 14.3 Å². The van der Waals surface area contributed by atoms with Gasteiger partial charge in [-0.25, -0.2) is 4.79 Å². The molecule has 0 bridgehead atoms. The predicted molar refractivity (Wildman–Crippen MR) is 156 cm³/mol. The van der Waals surface area contributed by atoms with E-state index in [0.29, 0.717) is 39.9 Å². The van der Waals surface area contributed by atoms with Gasteiger partial charge in [-0.15, -0.1) is 10.2 Å². The predicted octanol–water partition coefficient (Wildman–Crippen LogP) is 5.74. The molecule has 1 atom stereocenters. The number of rotatable bonds is 10. The van der Waals surface area contributed by atoms with Crippen LogP contribution in [-0.4, -0.2) is 32.6 Å². The number of carbonyl (C=O) groups is 2. The van der Waals surface area contributed by atoms with E-state index in [9.17, 15) is 9.59 Å². The Hall–Kier alpha value is -5.22. The average molecular weight is 568 g/mol. The first-order valence-corrected chi connectivity index (χ1v) is 13.1. The number of halogens is 1. The zero-order valence-corrected chi connectivity index (χ0v) is 22.5. The molecule has 5 aromatic rings. The van der Waals surface area contributed by atoms with Crippen molar-refractivity contribution >= 4 is 35.0 Å². The summed E-state index contributed by atoms with van der Waals surface area (Å²) in [7, 11) is 0. The summed E-state index contributed by atoms with van der Waals surface area (Å²) in [5.41, 5.74) is 4.08. The second-order valence-corrected chi connectivity index (χ2v) is 9.49. The number of benzene rings is 4. The molecule has 0 saturated carbocycles. The molecule has 0 aliphatic heterocycles. The number of hydrogen-bond acceptors (Lipinski definition) is 7. The molecule has 0 fully saturated rings. The van der Waals surface area contributed by atoms with E-state index in [2.05, 4.69) is 36.6 Å². The fourth-order valence-electron chi connectivity index (χ4n) is 4.11. The smallest absolute Gasteiger partial charge is 0.411 e. The number of nitrogens with zero attached hydrogens (tertiary/aromatic N) is 3. The van der Waals surface area contributed by atoms with E-state index in [1.54, 1.807) is 18.2 Å². The second-order valence-electron chi connectivity index (χ2n) is 9.06. The van der Waals surface area contributed by atoms with Crippen LogP contribution < -0.4 is 16.0 Å². The van der Waals surface area contributed by atoms with Crippen LogP contribution in [-0.2, 0) is 22.7 Å². The maximum atomic E-state index is 13.6. The lowest BCUT2D eigenvalue weighted by Gasteiger charge is -2.21. The fraction of sp³-hybridized carbons (Fsp3) is 0.100. The van der Waals surface area contributed by atoms with Crippen molar-refractivity contribution in [2.45, 2.75) is 19.2 Å². The molecule has 0 radical (unpaired) electrons. The van der Waals surface area contributed by atoms with Crippen LogP contribution in [0.15, 0.2) is 103 Å². The lowest BCUT2D eigenvalue weighted by molar-refractivity contribution is -0.122. The Balaban J connectivity index is 1.37. The number of aromatic amines is 1. The van der Waals surface area contributed by atoms with Gasteiger partial charge < -0.3 is 15.4 Å². The molecule has 0 unspecified atom stereocenters. The maximum absolute atomic E-state index is 13.6. The number of tetrazole rings is 1. The van der Waals surface area contributed by atoms with Gasteiger partial charge in [-0.2, -0.15) is 5.21 Å². The molecule has 41 heavy (non-hydrogen) atoms. The summed E-state index contributed by atoms with van der Waals surface area (Å²) in [6.07, 6.45) is -0.645. The summed E-state index contributed by atoms with van der Waals surface area (Å²) in [6.45, 7) is 0.446. The van der Waals surface area contributed by atoms with Crippen LogP contribution in [0.25, 0.3) is 11.4 Å². The molecular formula is C30H26ClN7O3. The lowest BCUT2D eigenvalue weighted by atomic mass is 10.0. The Labute approximate surface area is 241 Å². The second kappa shape index (κ2) is 13.2. The lowest BCUT2D eigenvalue weighted by Crippen LogP contribution is -2.33. The number of H-pyrrole nitrogens is 1. The van der Waals surface area contributed by atoms with E-state index in [1.807, 2.05) is 84.9 Å². The SMILES string of the molecule is O=C(Nc1cc(Cl)cc([C@H](Nc2cccc(-c3nn[nH]n3)c2)C(=O)NCc2ccccc2)c1)OCc1ccccc1. The molecule has 4 aromatic carbocycles. The van der Waals surface area contributed by atoms with Crippen LogP contribution in [0.2, 0.25) is 5.02 Å². The highest BCUT2D eigenvalue weighted by Crippen LogP contribution is 2.28. The summed E-state index contributed by atoms with van der Waals surface area (Å²) in [5, 5.41) is 23.4. The highest BCUT2D eigenvalue weighted by Gasteiger charge is 2.22. The number of nitrogens with one attached hydrogen (secondary N) is 4. The zero-order chi connectivity index (χ0) is 28.4. The number of amides is 2. The van der Waals surface area contributed by atoms with Gasteiger partial charge in [0.2, 0.25) is 11.7 Å². The molecular weight excluding hydrogens is 542 g/mol. The Kier molecular flexibility index (Phi) is 8.82. The number of anilines is 2. The van der Waals surface area contributed by atoms with Gasteiger partial charge in [-0.1, -0.05) is 84.4 Å². The summed E-state index contributed by atoms with van der Waals surface area (Å²) in [5.74, 6) is 0.126. The third-order valence-electron chi connectivity index (χ3n) is 6.06. The zero-order valence-electron chi connectivity index (χ0n) is 21.8. The van der Waals surface area contributed by atoms with Crippen LogP contribution >= 0.6 is 11.6 Å². The van der Waals surface area contributed by atoms with Crippen molar-refractivity contribution in [3.63, 3.8) is 0 Å². The van der Waals surface area contributed by atoms with Gasteiger partial charge in [0.15, 0.2) is 0 Å². The average Bonchev–Trinajstić information content (AvgIpc) is 3.54. The van der Waals surface area contributed by atoms with E-state index in [0.717, 1.165) is 11.1 Å². The minimum Gasteiger partial charge on any atom is -0.444 e. The van der Waals surface area contributed by atoms with Crippen molar-refractivity contribution in [1.29, 1.82) is 0 Å². The number of hydrogen-bond donors (Lipinski definition) is 4. The van der Waals surface area contributed by atoms with E-state index >= 15 is 0 Å². The van der Waals surface area contributed by atoms with Gasteiger partial charge in [0.25, 0.3) is 0 Å². The van der Waals surface area contributed by atoms with Crippen LogP contribution in [0.4, 0.5) is 16.2 Å². The summed E-state index contributed by atoms with van der Waals surface area (Å²) < 4.78 is 5.34. The van der Waals surface area contributed by atoms with E-state index in [4.69, 9.17) is 16.3 Å². The molecule has 206 valence electrons. The first-order chi connectivity index (χ1) is 20.0. The molecule has 1 aromatic heterocycles. The van der Waals surface area contributed by atoms with Crippen molar-refractivity contribution in [2.24, 2.45) is 0 Å². The maximum Gasteiger partial charge on any atom is 0.411 e. The third kappa shape index (κ3) is 7.68. The molecule has 11 heteroatoms. The minimum atomic E-state index is -0.862. The molecule has 1 heterocycles. The summed E-state index contributed by atoms with van der Waals surface area (Å²) >= 11 is 6.45. The standard InChI is InChI=1S/C30H26ClN7O3/c31-24-14-23(16-26(17-24)34-30(40)41-19-21-10-5-2-6-11-21)27(29(39)32-18-20-8-3-1-4-9-20)33-25-13-7-12-22(15-25)28-35-37-38-36-28/h1-17,27,33H,18-19H2,(H,32,39)(H,34,40)(H,35,36,37,38)/t27-/m0/s1. The van der Waals surface area contributed by atoms with Gasteiger partial charge in [0, 0.05) is 28.5 Å². The molecule has 0 saturated heterocycles. The molecule has 5 rings (SSSR count). The topological polar surface area (TPSA) is 134 Å². The van der Waals surface area contributed by atoms with Crippen LogP contribution in [0, 0.1) is 0 Å². The number of carbonyl (C=O) groups excluding carboxylic acids is 2. The number of ether oxygens (including phenoxy) is 1. The van der Waals surface area contributed by atoms with Gasteiger partial charge >= 0.3 is 6.09 Å². The highest BCUT2D eigenvalue weighted by molar-refractivity contribution is 6.31. The molecule has 0 spiro atoms. The Bertz CT molecular complexity index is 1600. The van der Waals surface area contributed by atoms with Crippen LogP contribution in [0.5, 0.6) is 0 Å². The molecule has 0 aliphatic rings. The van der Waals surface area contributed by atoms with E-state index in [1.165, 1.54) is 0 Å². The monoisotopic (exact) mass is 567 g/mol.